The first-order chi connectivity index (χ1) is 9.90. The highest BCUT2D eigenvalue weighted by molar-refractivity contribution is 7.89. The summed E-state index contributed by atoms with van der Waals surface area (Å²) in [5.41, 5.74) is 0.702. The van der Waals surface area contributed by atoms with E-state index < -0.39 is 10.0 Å². The zero-order chi connectivity index (χ0) is 15.6. The van der Waals surface area contributed by atoms with Crippen LogP contribution < -0.4 is 4.74 Å². The number of ether oxygens (including phenoxy) is 1. The van der Waals surface area contributed by atoms with Crippen LogP contribution in [0, 0.1) is 11.8 Å². The molecule has 0 bridgehead atoms. The third-order valence-electron chi connectivity index (χ3n) is 3.95. The number of hydrogen-bond acceptors (Lipinski definition) is 3. The molecule has 0 saturated heterocycles. The van der Waals surface area contributed by atoms with E-state index in [0.29, 0.717) is 36.3 Å². The van der Waals surface area contributed by atoms with Crippen LogP contribution in [0.2, 0.25) is 0 Å². The first-order valence-electron chi connectivity index (χ1n) is 7.18. The van der Waals surface area contributed by atoms with Crippen LogP contribution >= 0.6 is 11.6 Å². The molecule has 1 saturated carbocycles. The van der Waals surface area contributed by atoms with E-state index in [9.17, 15) is 8.42 Å². The predicted molar refractivity (Wildman–Crippen MR) is 84.3 cm³/mol. The lowest BCUT2D eigenvalue weighted by Gasteiger charge is -2.18. The van der Waals surface area contributed by atoms with E-state index in [1.165, 1.54) is 4.31 Å². The fraction of sp³-hybridized carbons (Fsp3) is 0.600. The highest BCUT2D eigenvalue weighted by Crippen LogP contribution is 2.39. The molecule has 1 fully saturated rings. The van der Waals surface area contributed by atoms with Crippen LogP contribution in [0.3, 0.4) is 0 Å². The Kier molecular flexibility index (Phi) is 5.17. The Morgan fingerprint density at radius 1 is 1.43 bits per heavy atom. The van der Waals surface area contributed by atoms with E-state index in [1.54, 1.807) is 25.2 Å². The van der Waals surface area contributed by atoms with Crippen molar-refractivity contribution in [2.75, 3.05) is 20.2 Å². The Bertz CT molecular complexity index is 603. The molecule has 2 unspecified atom stereocenters. The monoisotopic (exact) mass is 331 g/mol. The van der Waals surface area contributed by atoms with Crippen LogP contribution in [0.4, 0.5) is 0 Å². The van der Waals surface area contributed by atoms with Gasteiger partial charge in [-0.25, -0.2) is 12.7 Å². The van der Waals surface area contributed by atoms with Gasteiger partial charge in [0.1, 0.15) is 5.75 Å². The number of benzene rings is 1. The summed E-state index contributed by atoms with van der Waals surface area (Å²) < 4.78 is 32.1. The highest BCUT2D eigenvalue weighted by Gasteiger charge is 2.36. The van der Waals surface area contributed by atoms with Crippen molar-refractivity contribution >= 4 is 21.6 Å². The van der Waals surface area contributed by atoms with Gasteiger partial charge in [0.2, 0.25) is 10.0 Å². The van der Waals surface area contributed by atoms with Crippen molar-refractivity contribution in [2.24, 2.45) is 11.8 Å². The van der Waals surface area contributed by atoms with Crippen molar-refractivity contribution < 1.29 is 13.2 Å². The summed E-state index contributed by atoms with van der Waals surface area (Å²) in [6.07, 6.45) is 1.11. The molecular weight excluding hydrogens is 310 g/mol. The standard InChI is InChI=1S/C15H22ClNO3S/c1-4-20-15-6-5-14(8-12(15)9-16)21(18,19)17(3)10-13-7-11(13)2/h5-6,8,11,13H,4,7,9-10H2,1-3H3. The number of nitrogens with zero attached hydrogens (tertiary/aromatic N) is 1. The smallest absolute Gasteiger partial charge is 0.242 e. The highest BCUT2D eigenvalue weighted by atomic mass is 35.5. The Morgan fingerprint density at radius 3 is 2.62 bits per heavy atom. The Balaban J connectivity index is 2.22. The zero-order valence-corrected chi connectivity index (χ0v) is 14.2. The second-order valence-electron chi connectivity index (χ2n) is 5.59. The van der Waals surface area contributed by atoms with Crippen molar-refractivity contribution in [3.63, 3.8) is 0 Å². The Morgan fingerprint density at radius 2 is 2.10 bits per heavy atom. The van der Waals surface area contributed by atoms with Crippen LogP contribution in [0.5, 0.6) is 5.75 Å². The number of sulfonamides is 1. The molecule has 21 heavy (non-hydrogen) atoms. The van der Waals surface area contributed by atoms with Crippen molar-refractivity contribution in [1.29, 1.82) is 0 Å². The maximum Gasteiger partial charge on any atom is 0.242 e. The number of alkyl halides is 1. The molecule has 0 N–H and O–H groups in total. The van der Waals surface area contributed by atoms with Crippen LogP contribution in [-0.4, -0.2) is 32.9 Å². The maximum absolute atomic E-state index is 12.6. The van der Waals surface area contributed by atoms with E-state index in [0.717, 1.165) is 6.42 Å². The predicted octanol–water partition coefficient (Wildman–Crippen LogP) is 3.10. The third-order valence-corrected chi connectivity index (χ3v) is 6.06. The molecule has 1 aliphatic carbocycles. The summed E-state index contributed by atoms with van der Waals surface area (Å²) in [6.45, 7) is 5.13. The van der Waals surface area contributed by atoms with Gasteiger partial charge < -0.3 is 4.74 Å². The van der Waals surface area contributed by atoms with Gasteiger partial charge in [0, 0.05) is 19.2 Å². The quantitative estimate of drug-likeness (QED) is 0.721. The fourth-order valence-electron chi connectivity index (χ4n) is 2.38. The minimum absolute atomic E-state index is 0.224. The minimum atomic E-state index is -3.46. The Labute approximate surface area is 132 Å². The molecule has 0 radical (unpaired) electrons. The van der Waals surface area contributed by atoms with Gasteiger partial charge in [-0.15, -0.1) is 11.6 Å². The molecule has 0 heterocycles. The lowest BCUT2D eigenvalue weighted by atomic mass is 10.2. The number of halogens is 1. The molecule has 1 aromatic carbocycles. The van der Waals surface area contributed by atoms with Crippen molar-refractivity contribution in [3.05, 3.63) is 23.8 Å². The summed E-state index contributed by atoms with van der Waals surface area (Å²) in [5, 5.41) is 0. The summed E-state index contributed by atoms with van der Waals surface area (Å²) in [5.74, 6) is 1.98. The molecule has 4 nitrogen and oxygen atoms in total. The van der Waals surface area contributed by atoms with Crippen LogP contribution in [0.1, 0.15) is 25.8 Å². The van der Waals surface area contributed by atoms with E-state index in [1.807, 2.05) is 6.92 Å². The first-order valence-corrected chi connectivity index (χ1v) is 9.15. The summed E-state index contributed by atoms with van der Waals surface area (Å²) in [7, 11) is -1.83. The van der Waals surface area contributed by atoms with E-state index in [4.69, 9.17) is 16.3 Å². The normalized spacial score (nSPS) is 21.6. The van der Waals surface area contributed by atoms with E-state index in [-0.39, 0.29) is 10.8 Å². The first kappa shape index (κ1) is 16.6. The lowest BCUT2D eigenvalue weighted by molar-refractivity contribution is 0.337. The van der Waals surface area contributed by atoms with Gasteiger partial charge in [-0.05, 0) is 43.4 Å². The summed E-state index contributed by atoms with van der Waals surface area (Å²) >= 11 is 5.89. The van der Waals surface area contributed by atoms with Gasteiger partial charge >= 0.3 is 0 Å². The molecule has 0 aliphatic heterocycles. The third kappa shape index (κ3) is 3.71. The summed E-state index contributed by atoms with van der Waals surface area (Å²) in [4.78, 5) is 0.275. The maximum atomic E-state index is 12.6. The van der Waals surface area contributed by atoms with Crippen molar-refractivity contribution in [1.82, 2.24) is 4.31 Å². The van der Waals surface area contributed by atoms with Crippen LogP contribution in [0.25, 0.3) is 0 Å². The number of hydrogen-bond donors (Lipinski definition) is 0. The lowest BCUT2D eigenvalue weighted by Crippen LogP contribution is -2.29. The van der Waals surface area contributed by atoms with E-state index >= 15 is 0 Å². The largest absolute Gasteiger partial charge is 0.494 e. The molecule has 0 spiro atoms. The SMILES string of the molecule is CCOc1ccc(S(=O)(=O)N(C)CC2CC2C)cc1CCl. The fourth-order valence-corrected chi connectivity index (χ4v) is 3.87. The second-order valence-corrected chi connectivity index (χ2v) is 7.91. The molecule has 1 aromatic rings. The van der Waals surface area contributed by atoms with Crippen LogP contribution in [-0.2, 0) is 15.9 Å². The second kappa shape index (κ2) is 6.55. The number of rotatable bonds is 7. The van der Waals surface area contributed by atoms with Gasteiger partial charge in [-0.1, -0.05) is 6.92 Å². The average molecular weight is 332 g/mol. The molecule has 118 valence electrons. The average Bonchev–Trinajstić information content (AvgIpc) is 3.14. The zero-order valence-electron chi connectivity index (χ0n) is 12.7. The molecule has 2 rings (SSSR count). The van der Waals surface area contributed by atoms with Gasteiger partial charge in [0.15, 0.2) is 0 Å². The Hall–Kier alpha value is -0.780. The van der Waals surface area contributed by atoms with E-state index in [2.05, 4.69) is 6.92 Å². The molecule has 1 aliphatic rings. The van der Waals surface area contributed by atoms with Gasteiger partial charge in [-0.2, -0.15) is 0 Å². The summed E-state index contributed by atoms with van der Waals surface area (Å²) in [6, 6.07) is 4.88. The molecule has 6 heteroatoms. The van der Waals surface area contributed by atoms with Crippen molar-refractivity contribution in [3.8, 4) is 5.75 Å². The molecular formula is C15H22ClNO3S. The topological polar surface area (TPSA) is 46.6 Å². The van der Waals surface area contributed by atoms with Crippen molar-refractivity contribution in [2.45, 2.75) is 31.0 Å². The minimum Gasteiger partial charge on any atom is -0.494 e. The van der Waals surface area contributed by atoms with Gasteiger partial charge in [0.05, 0.1) is 17.4 Å². The molecule has 0 amide bonds. The van der Waals surface area contributed by atoms with Crippen LogP contribution in [0.15, 0.2) is 23.1 Å². The van der Waals surface area contributed by atoms with Gasteiger partial charge in [-0.3, -0.25) is 0 Å². The molecule has 2 atom stereocenters. The molecule has 0 aromatic heterocycles. The van der Waals surface area contributed by atoms with Gasteiger partial charge in [0.25, 0.3) is 0 Å².